The maximum Gasteiger partial charge on any atom is 0.338 e. The second-order valence-electron chi connectivity index (χ2n) is 5.05. The first kappa shape index (κ1) is 17.3. The number of hydrogen-bond donors (Lipinski definition) is 1. The van der Waals surface area contributed by atoms with Gasteiger partial charge in [0.2, 0.25) is 0 Å². The van der Waals surface area contributed by atoms with E-state index in [2.05, 4.69) is 11.9 Å². The van der Waals surface area contributed by atoms with Gasteiger partial charge in [-0.1, -0.05) is 18.7 Å². The van der Waals surface area contributed by atoms with Crippen LogP contribution in [-0.2, 0) is 4.74 Å². The van der Waals surface area contributed by atoms with Crippen LogP contribution in [0, 0.1) is 6.92 Å². The third-order valence-electron chi connectivity index (χ3n) is 3.47. The standard InChI is InChI=1S/C19H19NO4/c1-4-12-24-15-10-8-14(9-11-15)18(21)20-17-7-5-6-16(13(17)2)19(22)23-3/h4-11H,1,12H2,2-3H3,(H,20,21). The molecule has 2 aromatic rings. The van der Waals surface area contributed by atoms with E-state index in [-0.39, 0.29) is 5.91 Å². The normalized spacial score (nSPS) is 9.92. The van der Waals surface area contributed by atoms with Crippen LogP contribution < -0.4 is 10.1 Å². The van der Waals surface area contributed by atoms with Gasteiger partial charge in [-0.15, -0.1) is 0 Å². The van der Waals surface area contributed by atoms with Gasteiger partial charge in [0, 0.05) is 11.3 Å². The zero-order chi connectivity index (χ0) is 17.5. The molecule has 1 N–H and O–H groups in total. The van der Waals surface area contributed by atoms with Crippen LogP contribution in [-0.4, -0.2) is 25.6 Å². The van der Waals surface area contributed by atoms with Crippen LogP contribution in [0.1, 0.15) is 26.3 Å². The Morgan fingerprint density at radius 1 is 1.17 bits per heavy atom. The summed E-state index contributed by atoms with van der Waals surface area (Å²) in [6.45, 7) is 5.75. The summed E-state index contributed by atoms with van der Waals surface area (Å²) in [5, 5.41) is 2.80. The number of nitrogens with one attached hydrogen (secondary N) is 1. The fourth-order valence-electron chi connectivity index (χ4n) is 2.15. The summed E-state index contributed by atoms with van der Waals surface area (Å²) >= 11 is 0. The fraction of sp³-hybridized carbons (Fsp3) is 0.158. The highest BCUT2D eigenvalue weighted by Crippen LogP contribution is 2.21. The molecule has 0 bridgehead atoms. The molecule has 5 heteroatoms. The number of ether oxygens (including phenoxy) is 2. The van der Waals surface area contributed by atoms with Crippen LogP contribution in [0.5, 0.6) is 5.75 Å². The molecular formula is C19H19NO4. The topological polar surface area (TPSA) is 64.6 Å². The Hall–Kier alpha value is -3.08. The Balaban J connectivity index is 2.15. The Labute approximate surface area is 140 Å². The van der Waals surface area contributed by atoms with Crippen LogP contribution in [0.15, 0.2) is 55.1 Å². The monoisotopic (exact) mass is 325 g/mol. The second kappa shape index (κ2) is 7.97. The molecule has 24 heavy (non-hydrogen) atoms. The first-order valence-corrected chi connectivity index (χ1v) is 7.40. The molecule has 0 aliphatic carbocycles. The van der Waals surface area contributed by atoms with Gasteiger partial charge in [-0.25, -0.2) is 4.79 Å². The number of amides is 1. The predicted octanol–water partition coefficient (Wildman–Crippen LogP) is 3.60. The lowest BCUT2D eigenvalue weighted by molar-refractivity contribution is 0.0599. The van der Waals surface area contributed by atoms with E-state index < -0.39 is 5.97 Å². The molecule has 0 heterocycles. The molecule has 0 saturated carbocycles. The second-order valence-corrected chi connectivity index (χ2v) is 5.05. The summed E-state index contributed by atoms with van der Waals surface area (Å²) in [6.07, 6.45) is 1.65. The number of hydrogen-bond acceptors (Lipinski definition) is 4. The number of anilines is 1. The Bertz CT molecular complexity index is 750. The molecule has 0 atom stereocenters. The highest BCUT2D eigenvalue weighted by atomic mass is 16.5. The zero-order valence-electron chi connectivity index (χ0n) is 13.7. The van der Waals surface area contributed by atoms with Crippen molar-refractivity contribution in [2.75, 3.05) is 19.0 Å². The van der Waals surface area contributed by atoms with E-state index in [0.717, 1.165) is 0 Å². The van der Waals surface area contributed by atoms with E-state index in [1.807, 2.05) is 0 Å². The van der Waals surface area contributed by atoms with Crippen LogP contribution in [0.25, 0.3) is 0 Å². The molecular weight excluding hydrogens is 306 g/mol. The number of carbonyl (C=O) groups excluding carboxylic acids is 2. The van der Waals surface area contributed by atoms with Crippen molar-refractivity contribution in [3.05, 3.63) is 71.8 Å². The van der Waals surface area contributed by atoms with Gasteiger partial charge in [-0.05, 0) is 48.9 Å². The van der Waals surface area contributed by atoms with Crippen molar-refractivity contribution in [2.45, 2.75) is 6.92 Å². The number of benzene rings is 2. The molecule has 0 aliphatic heterocycles. The minimum atomic E-state index is -0.438. The Morgan fingerprint density at radius 2 is 1.88 bits per heavy atom. The Kier molecular flexibility index (Phi) is 5.73. The smallest absolute Gasteiger partial charge is 0.338 e. The fourth-order valence-corrected chi connectivity index (χ4v) is 2.15. The van der Waals surface area contributed by atoms with Crippen molar-refractivity contribution in [3.8, 4) is 5.75 Å². The summed E-state index contributed by atoms with van der Waals surface area (Å²) < 4.78 is 10.1. The third-order valence-corrected chi connectivity index (χ3v) is 3.47. The van der Waals surface area contributed by atoms with Gasteiger partial charge in [0.05, 0.1) is 12.7 Å². The zero-order valence-corrected chi connectivity index (χ0v) is 13.7. The third kappa shape index (κ3) is 4.01. The Morgan fingerprint density at radius 3 is 2.50 bits per heavy atom. The van der Waals surface area contributed by atoms with E-state index in [1.54, 1.807) is 55.5 Å². The lowest BCUT2D eigenvalue weighted by Gasteiger charge is -2.11. The number of rotatable bonds is 6. The van der Waals surface area contributed by atoms with Crippen LogP contribution >= 0.6 is 0 Å². The lowest BCUT2D eigenvalue weighted by Crippen LogP contribution is -2.14. The molecule has 124 valence electrons. The maximum absolute atomic E-state index is 12.4. The average molecular weight is 325 g/mol. The van der Waals surface area contributed by atoms with Crippen molar-refractivity contribution in [2.24, 2.45) is 0 Å². The van der Waals surface area contributed by atoms with Gasteiger partial charge in [0.25, 0.3) is 5.91 Å². The van der Waals surface area contributed by atoms with Gasteiger partial charge in [-0.2, -0.15) is 0 Å². The summed E-state index contributed by atoms with van der Waals surface area (Å²) in [5.41, 5.74) is 2.13. The maximum atomic E-state index is 12.4. The van der Waals surface area contributed by atoms with E-state index in [9.17, 15) is 9.59 Å². The van der Waals surface area contributed by atoms with E-state index in [4.69, 9.17) is 9.47 Å². The average Bonchev–Trinajstić information content (AvgIpc) is 2.61. The molecule has 2 rings (SSSR count). The highest BCUT2D eigenvalue weighted by Gasteiger charge is 2.14. The minimum absolute atomic E-state index is 0.268. The van der Waals surface area contributed by atoms with E-state index >= 15 is 0 Å². The molecule has 5 nitrogen and oxygen atoms in total. The van der Waals surface area contributed by atoms with Gasteiger partial charge < -0.3 is 14.8 Å². The lowest BCUT2D eigenvalue weighted by atomic mass is 10.1. The number of carbonyl (C=O) groups is 2. The van der Waals surface area contributed by atoms with Crippen molar-refractivity contribution >= 4 is 17.6 Å². The molecule has 1 amide bonds. The molecule has 0 radical (unpaired) electrons. The van der Waals surface area contributed by atoms with Gasteiger partial charge >= 0.3 is 5.97 Å². The SMILES string of the molecule is C=CCOc1ccc(C(=O)Nc2cccc(C(=O)OC)c2C)cc1. The first-order chi connectivity index (χ1) is 11.6. The molecule has 2 aromatic carbocycles. The van der Waals surface area contributed by atoms with Crippen LogP contribution in [0.3, 0.4) is 0 Å². The summed E-state index contributed by atoms with van der Waals surface area (Å²) in [4.78, 5) is 24.1. The summed E-state index contributed by atoms with van der Waals surface area (Å²) in [5.74, 6) is -0.0435. The van der Waals surface area contributed by atoms with Gasteiger partial charge in [0.1, 0.15) is 12.4 Å². The molecule has 0 spiro atoms. The predicted molar refractivity (Wildman–Crippen MR) is 92.6 cm³/mol. The summed E-state index contributed by atoms with van der Waals surface area (Å²) in [6, 6.07) is 11.9. The molecule has 0 unspecified atom stereocenters. The van der Waals surface area contributed by atoms with E-state index in [0.29, 0.717) is 34.7 Å². The van der Waals surface area contributed by atoms with Crippen molar-refractivity contribution in [1.82, 2.24) is 0 Å². The van der Waals surface area contributed by atoms with Crippen molar-refractivity contribution in [1.29, 1.82) is 0 Å². The highest BCUT2D eigenvalue weighted by molar-refractivity contribution is 6.05. The van der Waals surface area contributed by atoms with Gasteiger partial charge in [0.15, 0.2) is 0 Å². The first-order valence-electron chi connectivity index (χ1n) is 7.40. The molecule has 0 aromatic heterocycles. The summed E-state index contributed by atoms with van der Waals surface area (Å²) in [7, 11) is 1.32. The van der Waals surface area contributed by atoms with Crippen molar-refractivity contribution in [3.63, 3.8) is 0 Å². The van der Waals surface area contributed by atoms with Crippen molar-refractivity contribution < 1.29 is 19.1 Å². The minimum Gasteiger partial charge on any atom is -0.490 e. The molecule has 0 aliphatic rings. The van der Waals surface area contributed by atoms with Gasteiger partial charge in [-0.3, -0.25) is 4.79 Å². The van der Waals surface area contributed by atoms with Crippen LogP contribution in [0.4, 0.5) is 5.69 Å². The molecule has 0 fully saturated rings. The quantitative estimate of drug-likeness (QED) is 0.651. The number of methoxy groups -OCH3 is 1. The largest absolute Gasteiger partial charge is 0.490 e. The van der Waals surface area contributed by atoms with E-state index in [1.165, 1.54) is 7.11 Å². The molecule has 0 saturated heterocycles. The number of esters is 1. The van der Waals surface area contributed by atoms with Crippen LogP contribution in [0.2, 0.25) is 0 Å².